The van der Waals surface area contributed by atoms with Crippen molar-refractivity contribution in [3.05, 3.63) is 72.1 Å². The van der Waals surface area contributed by atoms with Crippen molar-refractivity contribution in [2.24, 2.45) is 5.92 Å². The lowest BCUT2D eigenvalue weighted by Crippen LogP contribution is -2.30. The number of allylic oxidation sites excluding steroid dienone is 1. The van der Waals surface area contributed by atoms with Gasteiger partial charge in [-0.25, -0.2) is 4.98 Å². The van der Waals surface area contributed by atoms with Crippen molar-refractivity contribution < 1.29 is 4.79 Å². The zero-order chi connectivity index (χ0) is 19.1. The Hall–Kier alpha value is -2.88. The molecule has 0 atom stereocenters. The summed E-state index contributed by atoms with van der Waals surface area (Å²) in [5, 5.41) is 3.06. The van der Waals surface area contributed by atoms with Crippen LogP contribution in [-0.2, 0) is 17.9 Å². The number of imidazole rings is 1. The van der Waals surface area contributed by atoms with Crippen LogP contribution < -0.4 is 5.32 Å². The van der Waals surface area contributed by atoms with Gasteiger partial charge in [-0.15, -0.1) is 0 Å². The third-order valence-electron chi connectivity index (χ3n) is 4.91. The number of hydrogen-bond acceptors (Lipinski definition) is 2. The smallest absolute Gasteiger partial charge is 0.223 e. The lowest BCUT2D eigenvalue weighted by atomic mass is 10.0. The van der Waals surface area contributed by atoms with Gasteiger partial charge in [-0.2, -0.15) is 0 Å². The standard InChI is InChI=1S/C23H27N3O/c1-3-19(4-2)23(27)24-17-22-25-20-14-8-9-15-21(20)26(22)16-10-13-18-11-6-5-7-12-18/h5-15,19H,3-4,16-17H2,1-2H3,(H,24,27)/b13-10+. The van der Waals surface area contributed by atoms with Gasteiger partial charge in [0.15, 0.2) is 0 Å². The summed E-state index contributed by atoms with van der Waals surface area (Å²) in [6.07, 6.45) is 5.97. The number of aromatic nitrogens is 2. The number of amides is 1. The van der Waals surface area contributed by atoms with Crippen LogP contribution in [0.3, 0.4) is 0 Å². The molecule has 27 heavy (non-hydrogen) atoms. The summed E-state index contributed by atoms with van der Waals surface area (Å²) in [6.45, 7) is 5.27. The maximum Gasteiger partial charge on any atom is 0.223 e. The van der Waals surface area contributed by atoms with Crippen LogP contribution in [0.2, 0.25) is 0 Å². The second kappa shape index (κ2) is 9.17. The Kier molecular flexibility index (Phi) is 6.42. The molecule has 3 aromatic rings. The molecule has 4 nitrogen and oxygen atoms in total. The van der Waals surface area contributed by atoms with Crippen molar-refractivity contribution in [2.75, 3.05) is 0 Å². The van der Waals surface area contributed by atoms with Crippen LogP contribution in [0.1, 0.15) is 38.1 Å². The highest BCUT2D eigenvalue weighted by Crippen LogP contribution is 2.17. The van der Waals surface area contributed by atoms with Crippen LogP contribution in [0.5, 0.6) is 0 Å². The van der Waals surface area contributed by atoms with E-state index in [0.29, 0.717) is 13.1 Å². The van der Waals surface area contributed by atoms with E-state index in [2.05, 4.69) is 54.1 Å². The topological polar surface area (TPSA) is 46.9 Å². The monoisotopic (exact) mass is 361 g/mol. The number of rotatable bonds is 8. The zero-order valence-electron chi connectivity index (χ0n) is 16.1. The molecule has 0 unspecified atom stereocenters. The summed E-state index contributed by atoms with van der Waals surface area (Å²) in [5.41, 5.74) is 3.21. The van der Waals surface area contributed by atoms with Crippen LogP contribution in [0.4, 0.5) is 0 Å². The Labute approximate surface area is 160 Å². The molecule has 1 heterocycles. The molecule has 0 aliphatic rings. The number of carbonyl (C=O) groups is 1. The molecule has 0 aliphatic carbocycles. The van der Waals surface area contributed by atoms with Crippen molar-refractivity contribution in [3.8, 4) is 0 Å². The zero-order valence-corrected chi connectivity index (χ0v) is 16.1. The maximum absolute atomic E-state index is 12.3. The van der Waals surface area contributed by atoms with E-state index in [4.69, 9.17) is 4.98 Å². The quantitative estimate of drug-likeness (QED) is 0.626. The predicted molar refractivity (Wildman–Crippen MR) is 111 cm³/mol. The van der Waals surface area contributed by atoms with Crippen molar-refractivity contribution >= 4 is 23.0 Å². The fourth-order valence-corrected chi connectivity index (χ4v) is 3.29. The van der Waals surface area contributed by atoms with Gasteiger partial charge < -0.3 is 9.88 Å². The Morgan fingerprint density at radius 3 is 2.52 bits per heavy atom. The average Bonchev–Trinajstić information content (AvgIpc) is 3.06. The molecule has 1 amide bonds. The van der Waals surface area contributed by atoms with E-state index in [0.717, 1.165) is 29.7 Å². The number of para-hydroxylation sites is 2. The molecule has 0 fully saturated rings. The molecular formula is C23H27N3O. The largest absolute Gasteiger partial charge is 0.349 e. The molecule has 3 rings (SSSR count). The third kappa shape index (κ3) is 4.64. The predicted octanol–water partition coefficient (Wildman–Crippen LogP) is 4.80. The maximum atomic E-state index is 12.3. The van der Waals surface area contributed by atoms with Crippen LogP contribution in [0.25, 0.3) is 17.1 Å². The first-order valence-corrected chi connectivity index (χ1v) is 9.66. The summed E-state index contributed by atoms with van der Waals surface area (Å²) in [6, 6.07) is 18.3. The molecule has 0 bridgehead atoms. The molecule has 140 valence electrons. The van der Waals surface area contributed by atoms with Crippen molar-refractivity contribution in [1.82, 2.24) is 14.9 Å². The van der Waals surface area contributed by atoms with Gasteiger partial charge >= 0.3 is 0 Å². The Morgan fingerprint density at radius 1 is 1.07 bits per heavy atom. The lowest BCUT2D eigenvalue weighted by Gasteiger charge is -2.13. The summed E-state index contributed by atoms with van der Waals surface area (Å²) in [7, 11) is 0. The number of benzene rings is 2. The second-order valence-electron chi connectivity index (χ2n) is 6.67. The van der Waals surface area contributed by atoms with E-state index in [9.17, 15) is 4.79 Å². The number of fused-ring (bicyclic) bond motifs is 1. The van der Waals surface area contributed by atoms with Crippen molar-refractivity contribution in [1.29, 1.82) is 0 Å². The van der Waals surface area contributed by atoms with Crippen LogP contribution in [0.15, 0.2) is 60.7 Å². The molecule has 1 N–H and O–H groups in total. The van der Waals surface area contributed by atoms with Gasteiger partial charge in [0.2, 0.25) is 5.91 Å². The van der Waals surface area contributed by atoms with E-state index < -0.39 is 0 Å². The summed E-state index contributed by atoms with van der Waals surface area (Å²) < 4.78 is 2.17. The van der Waals surface area contributed by atoms with Crippen LogP contribution in [0, 0.1) is 5.92 Å². The van der Waals surface area contributed by atoms with E-state index in [1.54, 1.807) is 0 Å². The normalized spacial score (nSPS) is 11.5. The van der Waals surface area contributed by atoms with Gasteiger partial charge in [-0.05, 0) is 30.5 Å². The van der Waals surface area contributed by atoms with Crippen molar-refractivity contribution in [2.45, 2.75) is 39.8 Å². The van der Waals surface area contributed by atoms with Crippen LogP contribution >= 0.6 is 0 Å². The molecule has 0 saturated carbocycles. The molecule has 1 aromatic heterocycles. The molecule has 0 aliphatic heterocycles. The summed E-state index contributed by atoms with van der Waals surface area (Å²) in [5.74, 6) is 1.06. The minimum Gasteiger partial charge on any atom is -0.349 e. The highest BCUT2D eigenvalue weighted by Gasteiger charge is 2.15. The SMILES string of the molecule is CCC(CC)C(=O)NCc1nc2ccccc2n1C/C=C/c1ccccc1. The Bertz CT molecular complexity index is 908. The van der Waals surface area contributed by atoms with Gasteiger partial charge in [0, 0.05) is 12.5 Å². The van der Waals surface area contributed by atoms with Crippen molar-refractivity contribution in [3.63, 3.8) is 0 Å². The van der Waals surface area contributed by atoms with Gasteiger partial charge in [0.25, 0.3) is 0 Å². The molecule has 0 spiro atoms. The Balaban J connectivity index is 1.79. The van der Waals surface area contributed by atoms with Gasteiger partial charge in [-0.3, -0.25) is 4.79 Å². The van der Waals surface area contributed by atoms with Crippen LogP contribution in [-0.4, -0.2) is 15.5 Å². The van der Waals surface area contributed by atoms with E-state index in [1.807, 2.05) is 36.4 Å². The molecule has 0 saturated heterocycles. The number of hydrogen-bond donors (Lipinski definition) is 1. The minimum atomic E-state index is 0.0702. The number of carbonyl (C=O) groups excluding carboxylic acids is 1. The van der Waals surface area contributed by atoms with Gasteiger partial charge in [0.05, 0.1) is 17.6 Å². The second-order valence-corrected chi connectivity index (χ2v) is 6.67. The number of nitrogens with zero attached hydrogens (tertiary/aromatic N) is 2. The van der Waals surface area contributed by atoms with E-state index >= 15 is 0 Å². The molecular weight excluding hydrogens is 334 g/mol. The first-order valence-electron chi connectivity index (χ1n) is 9.66. The average molecular weight is 361 g/mol. The Morgan fingerprint density at radius 2 is 1.78 bits per heavy atom. The molecule has 2 aromatic carbocycles. The first kappa shape index (κ1) is 18.9. The van der Waals surface area contributed by atoms with Gasteiger partial charge in [0.1, 0.15) is 5.82 Å². The van der Waals surface area contributed by atoms with Gasteiger partial charge in [-0.1, -0.05) is 68.5 Å². The highest BCUT2D eigenvalue weighted by atomic mass is 16.1. The van der Waals surface area contributed by atoms with E-state index in [1.165, 1.54) is 5.56 Å². The lowest BCUT2D eigenvalue weighted by molar-refractivity contribution is -0.125. The molecule has 0 radical (unpaired) electrons. The third-order valence-corrected chi connectivity index (χ3v) is 4.91. The highest BCUT2D eigenvalue weighted by molar-refractivity contribution is 5.79. The summed E-state index contributed by atoms with van der Waals surface area (Å²) in [4.78, 5) is 17.1. The fourth-order valence-electron chi connectivity index (χ4n) is 3.29. The fraction of sp³-hybridized carbons (Fsp3) is 0.304. The first-order chi connectivity index (χ1) is 13.2. The summed E-state index contributed by atoms with van der Waals surface area (Å²) >= 11 is 0. The minimum absolute atomic E-state index is 0.0702. The van der Waals surface area contributed by atoms with E-state index in [-0.39, 0.29) is 11.8 Å². The number of nitrogens with one attached hydrogen (secondary N) is 1. The molecule has 4 heteroatoms.